The van der Waals surface area contributed by atoms with Crippen LogP contribution in [0, 0.1) is 0 Å². The number of nitrogens with one attached hydrogen (secondary N) is 1. The average molecular weight is 516 g/mol. The molecule has 4 N–H and O–H groups in total. The summed E-state index contributed by atoms with van der Waals surface area (Å²) in [4.78, 5) is 21.3. The van der Waals surface area contributed by atoms with E-state index in [1.165, 1.54) is 32.1 Å². The van der Waals surface area contributed by atoms with E-state index in [1.807, 2.05) is 32.2 Å². The average Bonchev–Trinajstić information content (AvgIpc) is 3.46. The van der Waals surface area contributed by atoms with Crippen molar-refractivity contribution in [2.75, 3.05) is 12.8 Å². The Labute approximate surface area is 201 Å². The SMILES string of the molecule is CC.COc1ccc(Br)c2cc(-c3nc(C4CCCCC4)n4ccnc(N)c34)[nH]c12.O=CO. The Balaban J connectivity index is 0.000000569. The third-order valence-corrected chi connectivity index (χ3v) is 6.45. The molecule has 3 heterocycles. The van der Waals surface area contributed by atoms with E-state index < -0.39 is 0 Å². The van der Waals surface area contributed by atoms with Crippen molar-refractivity contribution in [3.05, 3.63) is 40.9 Å². The first-order valence-corrected chi connectivity index (χ1v) is 11.9. The molecule has 4 aromatic rings. The number of methoxy groups -OCH3 is 1. The number of anilines is 1. The van der Waals surface area contributed by atoms with E-state index in [9.17, 15) is 0 Å². The summed E-state index contributed by atoms with van der Waals surface area (Å²) in [6, 6.07) is 6.04. The first-order chi connectivity index (χ1) is 16.1. The van der Waals surface area contributed by atoms with Crippen molar-refractivity contribution in [2.45, 2.75) is 51.9 Å². The Morgan fingerprint density at radius 2 is 1.97 bits per heavy atom. The second-order valence-corrected chi connectivity index (χ2v) is 8.37. The number of nitrogen functional groups attached to an aromatic ring is 1. The Kier molecular flexibility index (Phi) is 8.32. The number of aromatic amines is 1. The minimum absolute atomic E-state index is 0.250. The van der Waals surface area contributed by atoms with E-state index in [4.69, 9.17) is 25.4 Å². The molecule has 0 amide bonds. The predicted octanol–water partition coefficient (Wildman–Crippen LogP) is 6.01. The number of rotatable bonds is 3. The number of hydrogen-bond donors (Lipinski definition) is 3. The summed E-state index contributed by atoms with van der Waals surface area (Å²) < 4.78 is 8.67. The van der Waals surface area contributed by atoms with E-state index in [-0.39, 0.29) is 6.47 Å². The molecule has 1 aliphatic carbocycles. The zero-order valence-corrected chi connectivity index (χ0v) is 20.7. The number of halogens is 1. The number of nitrogens with two attached hydrogens (primary N) is 1. The zero-order valence-electron chi connectivity index (χ0n) is 19.1. The lowest BCUT2D eigenvalue weighted by Crippen LogP contribution is -2.09. The van der Waals surface area contributed by atoms with Gasteiger partial charge in [0.15, 0.2) is 0 Å². The number of ether oxygens (including phenoxy) is 1. The lowest BCUT2D eigenvalue weighted by atomic mass is 9.89. The molecule has 1 aliphatic rings. The van der Waals surface area contributed by atoms with Crippen LogP contribution in [0.5, 0.6) is 5.75 Å². The van der Waals surface area contributed by atoms with Crippen molar-refractivity contribution in [2.24, 2.45) is 0 Å². The minimum atomic E-state index is -0.250. The van der Waals surface area contributed by atoms with Crippen LogP contribution >= 0.6 is 15.9 Å². The standard InChI is InChI=1S/C21H22BrN5O.C2H6.CH2O2/c1-28-16-8-7-14(22)13-11-15(25-17(13)16)18-19-20(23)24-9-10-27(19)21(26-18)12-5-3-2-4-6-12;1-2;2-1-3/h7-12,25H,2-6H2,1H3,(H2,23,24);1-2H3;1H,(H,2,3). The van der Waals surface area contributed by atoms with Crippen LogP contribution in [0.2, 0.25) is 0 Å². The van der Waals surface area contributed by atoms with E-state index in [0.717, 1.165) is 43.9 Å². The summed E-state index contributed by atoms with van der Waals surface area (Å²) in [6.45, 7) is 3.75. The number of hydrogen-bond acceptors (Lipinski definition) is 5. The van der Waals surface area contributed by atoms with Crippen LogP contribution in [0.15, 0.2) is 35.1 Å². The van der Waals surface area contributed by atoms with E-state index >= 15 is 0 Å². The third kappa shape index (κ3) is 4.83. The van der Waals surface area contributed by atoms with Gasteiger partial charge < -0.3 is 20.6 Å². The molecule has 8 nitrogen and oxygen atoms in total. The molecule has 1 fully saturated rings. The fraction of sp³-hybridized carbons (Fsp3) is 0.375. The fourth-order valence-electron chi connectivity index (χ4n) is 4.38. The molecule has 0 aliphatic heterocycles. The molecular weight excluding hydrogens is 486 g/mol. The number of H-pyrrole nitrogens is 1. The van der Waals surface area contributed by atoms with Gasteiger partial charge in [0.1, 0.15) is 28.6 Å². The van der Waals surface area contributed by atoms with Gasteiger partial charge in [-0.05, 0) is 31.0 Å². The highest BCUT2D eigenvalue weighted by molar-refractivity contribution is 9.10. The van der Waals surface area contributed by atoms with Gasteiger partial charge >= 0.3 is 0 Å². The quantitative estimate of drug-likeness (QED) is 0.287. The predicted molar refractivity (Wildman–Crippen MR) is 135 cm³/mol. The Morgan fingerprint density at radius 3 is 2.64 bits per heavy atom. The number of fused-ring (bicyclic) bond motifs is 2. The number of carbonyl (C=O) groups is 1. The van der Waals surface area contributed by atoms with Gasteiger partial charge in [0.25, 0.3) is 6.47 Å². The first kappa shape index (κ1) is 24.6. The van der Waals surface area contributed by atoms with Gasteiger partial charge in [0.2, 0.25) is 0 Å². The van der Waals surface area contributed by atoms with E-state index in [2.05, 4.69) is 36.4 Å². The molecule has 1 aromatic carbocycles. The van der Waals surface area contributed by atoms with Gasteiger partial charge in [0, 0.05) is 28.2 Å². The highest BCUT2D eigenvalue weighted by Crippen LogP contribution is 2.39. The van der Waals surface area contributed by atoms with Gasteiger partial charge in [-0.25, -0.2) is 9.97 Å². The molecule has 0 spiro atoms. The topological polar surface area (TPSA) is 119 Å². The molecule has 176 valence electrons. The van der Waals surface area contributed by atoms with Crippen LogP contribution in [0.3, 0.4) is 0 Å². The van der Waals surface area contributed by atoms with Crippen LogP contribution < -0.4 is 10.5 Å². The van der Waals surface area contributed by atoms with Gasteiger partial charge in [-0.1, -0.05) is 49.0 Å². The highest BCUT2D eigenvalue weighted by atomic mass is 79.9. The summed E-state index contributed by atoms with van der Waals surface area (Å²) >= 11 is 3.64. The number of benzene rings is 1. The van der Waals surface area contributed by atoms with Crippen molar-refractivity contribution in [1.29, 1.82) is 0 Å². The summed E-state index contributed by atoms with van der Waals surface area (Å²) in [6.07, 6.45) is 9.90. The maximum absolute atomic E-state index is 8.36. The minimum Gasteiger partial charge on any atom is -0.495 e. The smallest absolute Gasteiger partial charge is 0.290 e. The molecule has 0 radical (unpaired) electrons. The summed E-state index contributed by atoms with van der Waals surface area (Å²) in [5, 5.41) is 7.94. The first-order valence-electron chi connectivity index (χ1n) is 11.1. The Morgan fingerprint density at radius 1 is 1.27 bits per heavy atom. The van der Waals surface area contributed by atoms with Crippen molar-refractivity contribution in [3.8, 4) is 17.1 Å². The van der Waals surface area contributed by atoms with Crippen LogP contribution in [0.4, 0.5) is 5.82 Å². The normalized spacial score (nSPS) is 13.7. The van der Waals surface area contributed by atoms with Crippen molar-refractivity contribution in [3.63, 3.8) is 0 Å². The highest BCUT2D eigenvalue weighted by Gasteiger charge is 2.25. The second kappa shape index (κ2) is 11.2. The molecule has 9 heteroatoms. The van der Waals surface area contributed by atoms with Crippen LogP contribution in [0.1, 0.15) is 57.7 Å². The van der Waals surface area contributed by atoms with Gasteiger partial charge in [-0.3, -0.25) is 9.20 Å². The summed E-state index contributed by atoms with van der Waals surface area (Å²) in [5.41, 5.74) is 9.86. The Hall–Kier alpha value is -3.07. The summed E-state index contributed by atoms with van der Waals surface area (Å²) in [5.74, 6) is 2.84. The van der Waals surface area contributed by atoms with E-state index in [1.54, 1.807) is 13.3 Å². The van der Waals surface area contributed by atoms with Crippen LogP contribution in [-0.2, 0) is 4.79 Å². The van der Waals surface area contributed by atoms with Gasteiger partial charge in [0.05, 0.1) is 18.3 Å². The molecule has 0 atom stereocenters. The van der Waals surface area contributed by atoms with Crippen LogP contribution in [0.25, 0.3) is 27.8 Å². The third-order valence-electron chi connectivity index (χ3n) is 5.76. The van der Waals surface area contributed by atoms with Crippen molar-refractivity contribution in [1.82, 2.24) is 19.4 Å². The number of imidazole rings is 1. The zero-order chi connectivity index (χ0) is 24.0. The monoisotopic (exact) mass is 515 g/mol. The molecule has 3 aromatic heterocycles. The molecule has 5 rings (SSSR count). The van der Waals surface area contributed by atoms with E-state index in [0.29, 0.717) is 11.7 Å². The van der Waals surface area contributed by atoms with Gasteiger partial charge in [-0.15, -0.1) is 0 Å². The molecular formula is C24H30BrN5O3. The Bertz CT molecular complexity index is 1230. The van der Waals surface area contributed by atoms with Gasteiger partial charge in [-0.2, -0.15) is 0 Å². The number of aromatic nitrogens is 4. The molecule has 0 bridgehead atoms. The summed E-state index contributed by atoms with van der Waals surface area (Å²) in [7, 11) is 1.68. The largest absolute Gasteiger partial charge is 0.495 e. The molecule has 33 heavy (non-hydrogen) atoms. The molecule has 0 unspecified atom stereocenters. The van der Waals surface area contributed by atoms with Crippen molar-refractivity contribution < 1.29 is 14.6 Å². The second-order valence-electron chi connectivity index (χ2n) is 7.51. The van der Waals surface area contributed by atoms with Crippen molar-refractivity contribution >= 4 is 44.6 Å². The number of nitrogens with zero attached hydrogens (tertiary/aromatic N) is 3. The maximum Gasteiger partial charge on any atom is 0.290 e. The lowest BCUT2D eigenvalue weighted by Gasteiger charge is -2.20. The van der Waals surface area contributed by atoms with Crippen LogP contribution in [-0.4, -0.2) is 38.0 Å². The molecule has 0 saturated heterocycles. The lowest BCUT2D eigenvalue weighted by molar-refractivity contribution is -0.122. The molecule has 1 saturated carbocycles. The maximum atomic E-state index is 8.36. The fourth-order valence-corrected chi connectivity index (χ4v) is 4.83. The number of carboxylic acid groups (broad SMARTS) is 1.